The maximum Gasteiger partial charge on any atom is 0.0548 e. The van der Waals surface area contributed by atoms with Crippen molar-refractivity contribution >= 4 is 52.3 Å². The molecule has 0 bridgehead atoms. The molecule has 0 spiro atoms. The van der Waals surface area contributed by atoms with Crippen LogP contribution >= 0.6 is 52.3 Å². The van der Waals surface area contributed by atoms with E-state index in [9.17, 15) is 0 Å². The lowest BCUT2D eigenvalue weighted by molar-refractivity contribution is 0.0837. The van der Waals surface area contributed by atoms with Gasteiger partial charge in [0.05, 0.1) is 5.02 Å². The Hall–Kier alpha value is 0.490. The molecular weight excluding hydrogens is 394 g/mol. The molecule has 1 aromatic rings. The first-order chi connectivity index (χ1) is 9.25. The van der Waals surface area contributed by atoms with Gasteiger partial charge in [0.25, 0.3) is 0 Å². The van der Waals surface area contributed by atoms with Crippen LogP contribution in [0.1, 0.15) is 30.9 Å². The molecule has 1 saturated carbocycles. The number of benzene rings is 1. The quantitative estimate of drug-likeness (QED) is 0.769. The van der Waals surface area contributed by atoms with E-state index < -0.39 is 0 Å². The second kappa shape index (κ2) is 8.95. The second-order valence-electron chi connectivity index (χ2n) is 5.60. The molecule has 1 heterocycles. The Kier molecular flexibility index (Phi) is 8.33. The summed E-state index contributed by atoms with van der Waals surface area (Å²) in [6, 6.07) is 7.02. The predicted octanol–water partition coefficient (Wildman–Crippen LogP) is 4.69. The third-order valence-electron chi connectivity index (χ3n) is 4.43. The standard InChI is InChI=1S/C15H20BrClN2.2ClH/c16-13-10-12(4-5-14(13)17)15(11-2-1-3-11)19-8-6-18-7-9-19;;/h4-5,10-11,15,18H,1-3,6-9H2;2*1H/t15-;;/m1../s1. The summed E-state index contributed by atoms with van der Waals surface area (Å²) in [5.41, 5.74) is 1.42. The van der Waals surface area contributed by atoms with Gasteiger partial charge in [-0.3, -0.25) is 4.90 Å². The van der Waals surface area contributed by atoms with Gasteiger partial charge in [-0.15, -0.1) is 24.8 Å². The first-order valence-electron chi connectivity index (χ1n) is 7.15. The summed E-state index contributed by atoms with van der Waals surface area (Å²) in [4.78, 5) is 2.65. The molecule has 1 atom stereocenters. The minimum Gasteiger partial charge on any atom is -0.314 e. The molecule has 3 rings (SSSR count). The van der Waals surface area contributed by atoms with E-state index in [4.69, 9.17) is 11.6 Å². The lowest BCUT2D eigenvalue weighted by atomic mass is 9.76. The molecule has 1 aliphatic heterocycles. The molecular formula is C15H22BrCl3N2. The number of halogens is 4. The summed E-state index contributed by atoms with van der Waals surface area (Å²) in [7, 11) is 0. The fourth-order valence-corrected chi connectivity index (χ4v) is 3.71. The average Bonchev–Trinajstić information content (AvgIpc) is 2.38. The van der Waals surface area contributed by atoms with Crippen LogP contribution in [0, 0.1) is 5.92 Å². The van der Waals surface area contributed by atoms with Gasteiger partial charge in [0.1, 0.15) is 0 Å². The highest BCUT2D eigenvalue weighted by molar-refractivity contribution is 9.10. The van der Waals surface area contributed by atoms with Gasteiger partial charge in [-0.1, -0.05) is 24.1 Å². The minimum atomic E-state index is 0. The lowest BCUT2D eigenvalue weighted by Gasteiger charge is -2.43. The molecule has 0 amide bonds. The van der Waals surface area contributed by atoms with Gasteiger partial charge >= 0.3 is 0 Å². The minimum absolute atomic E-state index is 0. The molecule has 1 saturated heterocycles. The molecule has 2 nitrogen and oxygen atoms in total. The Morgan fingerprint density at radius 2 is 1.86 bits per heavy atom. The van der Waals surface area contributed by atoms with Crippen molar-refractivity contribution in [1.82, 2.24) is 10.2 Å². The van der Waals surface area contributed by atoms with Gasteiger partial charge in [0.2, 0.25) is 0 Å². The van der Waals surface area contributed by atoms with Crippen molar-refractivity contribution in [3.8, 4) is 0 Å². The number of piperazine rings is 1. The zero-order chi connectivity index (χ0) is 13.2. The van der Waals surface area contributed by atoms with Crippen LogP contribution in [0.25, 0.3) is 0 Å². The van der Waals surface area contributed by atoms with Crippen molar-refractivity contribution in [2.45, 2.75) is 25.3 Å². The van der Waals surface area contributed by atoms with E-state index in [2.05, 4.69) is 38.3 Å². The molecule has 0 aromatic heterocycles. The summed E-state index contributed by atoms with van der Waals surface area (Å²) in [6.07, 6.45) is 4.13. The molecule has 0 radical (unpaired) electrons. The Bertz CT molecular complexity index is 449. The van der Waals surface area contributed by atoms with E-state index in [-0.39, 0.29) is 24.8 Å². The highest BCUT2D eigenvalue weighted by Gasteiger charge is 2.33. The van der Waals surface area contributed by atoms with E-state index in [0.29, 0.717) is 6.04 Å². The molecule has 0 unspecified atom stereocenters. The highest BCUT2D eigenvalue weighted by atomic mass is 79.9. The third-order valence-corrected chi connectivity index (χ3v) is 5.64. The topological polar surface area (TPSA) is 15.3 Å². The zero-order valence-electron chi connectivity index (χ0n) is 11.9. The first-order valence-corrected chi connectivity index (χ1v) is 8.32. The number of hydrogen-bond donors (Lipinski definition) is 1. The molecule has 2 aliphatic rings. The fraction of sp³-hybridized carbons (Fsp3) is 0.600. The van der Waals surface area contributed by atoms with Crippen LogP contribution in [0.4, 0.5) is 0 Å². The third kappa shape index (κ3) is 4.49. The van der Waals surface area contributed by atoms with Crippen LogP contribution in [0.15, 0.2) is 22.7 Å². The summed E-state index contributed by atoms with van der Waals surface area (Å²) in [5.74, 6) is 0.825. The van der Waals surface area contributed by atoms with Crippen molar-refractivity contribution in [2.75, 3.05) is 26.2 Å². The largest absolute Gasteiger partial charge is 0.314 e. The van der Waals surface area contributed by atoms with Crippen LogP contribution < -0.4 is 5.32 Å². The molecule has 1 aromatic carbocycles. The fourth-order valence-electron chi connectivity index (χ4n) is 3.19. The molecule has 21 heavy (non-hydrogen) atoms. The normalized spacial score (nSPS) is 20.9. The highest BCUT2D eigenvalue weighted by Crippen LogP contribution is 2.42. The van der Waals surface area contributed by atoms with Crippen LogP contribution in [-0.2, 0) is 0 Å². The molecule has 1 aliphatic carbocycles. The maximum absolute atomic E-state index is 6.13. The number of nitrogens with zero attached hydrogens (tertiary/aromatic N) is 1. The Morgan fingerprint density at radius 1 is 1.19 bits per heavy atom. The molecule has 120 valence electrons. The Labute approximate surface area is 152 Å². The van der Waals surface area contributed by atoms with Crippen molar-refractivity contribution in [3.63, 3.8) is 0 Å². The van der Waals surface area contributed by atoms with Crippen molar-refractivity contribution in [1.29, 1.82) is 0 Å². The van der Waals surface area contributed by atoms with Gasteiger partial charge in [-0.2, -0.15) is 0 Å². The summed E-state index contributed by atoms with van der Waals surface area (Å²) < 4.78 is 1.02. The van der Waals surface area contributed by atoms with E-state index >= 15 is 0 Å². The van der Waals surface area contributed by atoms with Crippen LogP contribution in [0.5, 0.6) is 0 Å². The SMILES string of the molecule is Cl.Cl.Clc1ccc([C@@H](C2CCC2)N2CCNCC2)cc1Br. The Morgan fingerprint density at radius 3 is 2.38 bits per heavy atom. The number of nitrogens with one attached hydrogen (secondary N) is 1. The molecule has 2 fully saturated rings. The van der Waals surface area contributed by atoms with Crippen LogP contribution in [0.3, 0.4) is 0 Å². The Balaban J connectivity index is 0.00000110. The summed E-state index contributed by atoms with van der Waals surface area (Å²) in [5, 5.41) is 4.25. The van der Waals surface area contributed by atoms with Gasteiger partial charge in [0, 0.05) is 36.7 Å². The summed E-state index contributed by atoms with van der Waals surface area (Å²) in [6.45, 7) is 4.53. The van der Waals surface area contributed by atoms with E-state index in [1.165, 1.54) is 24.8 Å². The number of hydrogen-bond acceptors (Lipinski definition) is 2. The summed E-state index contributed by atoms with van der Waals surface area (Å²) >= 11 is 9.69. The van der Waals surface area contributed by atoms with Crippen LogP contribution in [-0.4, -0.2) is 31.1 Å². The predicted molar refractivity (Wildman–Crippen MR) is 98.2 cm³/mol. The second-order valence-corrected chi connectivity index (χ2v) is 6.86. The van der Waals surface area contributed by atoms with E-state index in [1.807, 2.05) is 6.07 Å². The van der Waals surface area contributed by atoms with Gasteiger partial charge in [-0.05, 0) is 52.4 Å². The van der Waals surface area contributed by atoms with Gasteiger partial charge in [-0.25, -0.2) is 0 Å². The maximum atomic E-state index is 6.13. The van der Waals surface area contributed by atoms with Gasteiger partial charge in [0.15, 0.2) is 0 Å². The smallest absolute Gasteiger partial charge is 0.0548 e. The van der Waals surface area contributed by atoms with E-state index in [1.54, 1.807) is 0 Å². The van der Waals surface area contributed by atoms with Crippen molar-refractivity contribution in [2.24, 2.45) is 5.92 Å². The lowest BCUT2D eigenvalue weighted by Crippen LogP contribution is -2.47. The van der Waals surface area contributed by atoms with Gasteiger partial charge < -0.3 is 5.32 Å². The molecule has 1 N–H and O–H groups in total. The van der Waals surface area contributed by atoms with Crippen LogP contribution in [0.2, 0.25) is 5.02 Å². The molecule has 6 heteroatoms. The zero-order valence-corrected chi connectivity index (χ0v) is 15.8. The monoisotopic (exact) mass is 414 g/mol. The average molecular weight is 417 g/mol. The van der Waals surface area contributed by atoms with Crippen molar-refractivity contribution in [3.05, 3.63) is 33.3 Å². The van der Waals surface area contributed by atoms with E-state index in [0.717, 1.165) is 41.6 Å². The first kappa shape index (κ1) is 19.5. The van der Waals surface area contributed by atoms with Crippen molar-refractivity contribution < 1.29 is 0 Å². The number of rotatable bonds is 3.